The molecule has 0 saturated heterocycles. The number of hydrogen-bond donors (Lipinski definition) is 2. The van der Waals surface area contributed by atoms with Crippen LogP contribution in [0.3, 0.4) is 0 Å². The normalized spacial score (nSPS) is 13.0. The number of esters is 2. The molecule has 2 atom stereocenters. The maximum absolute atomic E-state index is 12.7. The summed E-state index contributed by atoms with van der Waals surface area (Å²) in [6.07, 6.45) is 81.5. The molecule has 0 aromatic rings. The van der Waals surface area contributed by atoms with Gasteiger partial charge in [0.2, 0.25) is 0 Å². The van der Waals surface area contributed by atoms with E-state index in [4.69, 9.17) is 24.3 Å². The first-order valence-corrected chi connectivity index (χ1v) is 36.8. The van der Waals surface area contributed by atoms with E-state index in [0.717, 1.165) is 44.9 Å². The van der Waals surface area contributed by atoms with Gasteiger partial charge in [-0.3, -0.25) is 18.6 Å². The number of phosphoric acid groups is 1. The lowest BCUT2D eigenvalue weighted by molar-refractivity contribution is -0.161. The first-order valence-electron chi connectivity index (χ1n) is 35.3. The average molecular weight is 1150 g/mol. The van der Waals surface area contributed by atoms with Gasteiger partial charge in [0.25, 0.3) is 0 Å². The smallest absolute Gasteiger partial charge is 0.462 e. The second kappa shape index (κ2) is 66.6. The van der Waals surface area contributed by atoms with Crippen LogP contribution in [-0.4, -0.2) is 49.3 Å². The fraction of sp³-hybridized carbons (Fsp3) is 0.914. The van der Waals surface area contributed by atoms with E-state index in [2.05, 4.69) is 38.2 Å². The van der Waals surface area contributed by atoms with Gasteiger partial charge >= 0.3 is 19.8 Å². The molecule has 0 radical (unpaired) electrons. The number of hydrogen-bond acceptors (Lipinski definition) is 8. The van der Waals surface area contributed by atoms with E-state index < -0.39 is 26.5 Å². The number of carbonyl (C=O) groups excluding carboxylic acids is 2. The molecule has 0 aliphatic heterocycles. The molecule has 0 aromatic heterocycles. The molecule has 0 aliphatic carbocycles. The Morgan fingerprint density at radius 3 is 0.950 bits per heavy atom. The Morgan fingerprint density at radius 1 is 0.375 bits per heavy atom. The van der Waals surface area contributed by atoms with E-state index in [1.54, 1.807) is 0 Å². The molecule has 10 heteroatoms. The van der Waals surface area contributed by atoms with Gasteiger partial charge in [-0.25, -0.2) is 4.57 Å². The predicted molar refractivity (Wildman–Crippen MR) is 344 cm³/mol. The predicted octanol–water partition coefficient (Wildman–Crippen LogP) is 22.9. The van der Waals surface area contributed by atoms with E-state index in [9.17, 15) is 19.0 Å². The lowest BCUT2D eigenvalue weighted by Gasteiger charge is -2.19. The zero-order chi connectivity index (χ0) is 58.0. The number of allylic oxidation sites excluding steroid dienone is 4. The highest BCUT2D eigenvalue weighted by atomic mass is 31.2. The zero-order valence-corrected chi connectivity index (χ0v) is 54.2. The molecule has 0 aromatic carbocycles. The minimum atomic E-state index is -4.39. The summed E-state index contributed by atoms with van der Waals surface area (Å²) in [5, 5.41) is 0. The molecule has 3 N–H and O–H groups in total. The van der Waals surface area contributed by atoms with Crippen molar-refractivity contribution >= 4 is 19.8 Å². The maximum Gasteiger partial charge on any atom is 0.472 e. The first-order chi connectivity index (χ1) is 39.3. The number of nitrogens with two attached hydrogens (primary N) is 1. The quantitative estimate of drug-likeness (QED) is 0.0264. The molecule has 0 rings (SSSR count). The van der Waals surface area contributed by atoms with Crippen molar-refractivity contribution in [1.82, 2.24) is 0 Å². The van der Waals surface area contributed by atoms with Crippen molar-refractivity contribution in [2.45, 2.75) is 386 Å². The molecule has 2 unspecified atom stereocenters. The summed E-state index contributed by atoms with van der Waals surface area (Å²) in [6.45, 7) is 3.81. The fourth-order valence-corrected chi connectivity index (χ4v) is 11.6. The van der Waals surface area contributed by atoms with Gasteiger partial charge < -0.3 is 20.1 Å². The molecular formula is C70H136NO8P. The standard InChI is InChI=1S/C70H136NO8P/c1-3-5-7-9-11-13-15-17-19-21-23-25-27-28-29-30-31-32-33-34-35-36-37-38-39-41-42-44-46-48-50-52-54-56-58-60-62-69(72)76-66-68(67-78-80(74,75)77-65-64-71)79-70(73)63-61-59-57-55-53-51-49-47-45-43-40-26-24-22-20-18-16-14-12-10-8-6-4-2/h16,18,22,24,68H,3-15,17,19-21,23,25-67,71H2,1-2H3,(H,74,75)/b18-16-,24-22-. The molecular weight excluding hydrogens is 1010 g/mol. The van der Waals surface area contributed by atoms with Gasteiger partial charge in [0.1, 0.15) is 6.61 Å². The highest BCUT2D eigenvalue weighted by Gasteiger charge is 2.26. The Bertz CT molecular complexity index is 1360. The fourth-order valence-electron chi connectivity index (χ4n) is 10.8. The summed E-state index contributed by atoms with van der Waals surface area (Å²) < 4.78 is 33.2. The van der Waals surface area contributed by atoms with E-state index in [-0.39, 0.29) is 38.6 Å². The average Bonchev–Trinajstić information content (AvgIpc) is 3.45. The molecule has 80 heavy (non-hydrogen) atoms. The third kappa shape index (κ3) is 65.6. The molecule has 0 spiro atoms. The van der Waals surface area contributed by atoms with Crippen molar-refractivity contribution in [1.29, 1.82) is 0 Å². The number of ether oxygens (including phenoxy) is 2. The largest absolute Gasteiger partial charge is 0.472 e. The van der Waals surface area contributed by atoms with Crippen LogP contribution in [0.1, 0.15) is 380 Å². The molecule has 9 nitrogen and oxygen atoms in total. The monoisotopic (exact) mass is 1150 g/mol. The Balaban J connectivity index is 3.77. The van der Waals surface area contributed by atoms with Gasteiger partial charge in [0.15, 0.2) is 6.10 Å². The Morgan fingerprint density at radius 2 is 0.650 bits per heavy atom. The lowest BCUT2D eigenvalue weighted by Crippen LogP contribution is -2.29. The van der Waals surface area contributed by atoms with E-state index >= 15 is 0 Å². The van der Waals surface area contributed by atoms with Gasteiger partial charge in [0, 0.05) is 19.4 Å². The number of phosphoric ester groups is 1. The van der Waals surface area contributed by atoms with Gasteiger partial charge in [-0.15, -0.1) is 0 Å². The number of unbranched alkanes of at least 4 members (excludes halogenated alkanes) is 51. The van der Waals surface area contributed by atoms with Crippen LogP contribution in [0, 0.1) is 0 Å². The van der Waals surface area contributed by atoms with Gasteiger partial charge in [-0.05, 0) is 44.9 Å². The van der Waals surface area contributed by atoms with Crippen molar-refractivity contribution in [3.63, 3.8) is 0 Å². The van der Waals surface area contributed by atoms with Crippen LogP contribution in [-0.2, 0) is 32.7 Å². The highest BCUT2D eigenvalue weighted by molar-refractivity contribution is 7.47. The van der Waals surface area contributed by atoms with Crippen molar-refractivity contribution < 1.29 is 37.6 Å². The van der Waals surface area contributed by atoms with Crippen molar-refractivity contribution in [2.24, 2.45) is 5.73 Å². The summed E-state index contributed by atoms with van der Waals surface area (Å²) in [5.41, 5.74) is 5.40. The molecule has 0 amide bonds. The second-order valence-corrected chi connectivity index (χ2v) is 25.6. The van der Waals surface area contributed by atoms with E-state index in [1.807, 2.05) is 0 Å². The van der Waals surface area contributed by atoms with Gasteiger partial charge in [-0.2, -0.15) is 0 Å². The molecule has 0 bridgehead atoms. The van der Waals surface area contributed by atoms with E-state index in [1.165, 1.54) is 302 Å². The SMILES string of the molecule is CCCCCCC/C=C\C/C=C\CCCCCCCCCCCCCC(=O)OC(COC(=O)CCCCCCCCCCCCCCCCCCCCCCCCCCCCCCCCCCCCCC)COP(=O)(O)OCCN. The minimum absolute atomic E-state index is 0.0556. The van der Waals surface area contributed by atoms with E-state index in [0.29, 0.717) is 6.42 Å². The van der Waals surface area contributed by atoms with Crippen molar-refractivity contribution in [2.75, 3.05) is 26.4 Å². The van der Waals surface area contributed by atoms with Crippen LogP contribution in [0.4, 0.5) is 0 Å². The molecule has 0 aliphatic rings. The molecule has 0 saturated carbocycles. The third-order valence-corrected chi connectivity index (χ3v) is 17.1. The summed E-state index contributed by atoms with van der Waals surface area (Å²) in [6, 6.07) is 0. The van der Waals surface area contributed by atoms with Crippen LogP contribution in [0.2, 0.25) is 0 Å². The van der Waals surface area contributed by atoms with Crippen LogP contribution in [0.5, 0.6) is 0 Å². The summed E-state index contributed by atoms with van der Waals surface area (Å²) in [4.78, 5) is 35.3. The third-order valence-electron chi connectivity index (χ3n) is 16.1. The van der Waals surface area contributed by atoms with Crippen LogP contribution in [0.15, 0.2) is 24.3 Å². The molecule has 0 fully saturated rings. The molecule has 0 heterocycles. The maximum atomic E-state index is 12.7. The van der Waals surface area contributed by atoms with Crippen molar-refractivity contribution in [3.8, 4) is 0 Å². The van der Waals surface area contributed by atoms with Crippen LogP contribution in [0.25, 0.3) is 0 Å². The Labute approximate surface area is 497 Å². The summed E-state index contributed by atoms with van der Waals surface area (Å²) in [5.74, 6) is -0.808. The Hall–Kier alpha value is -1.51. The van der Waals surface area contributed by atoms with Gasteiger partial charge in [-0.1, -0.05) is 346 Å². The number of rotatable bonds is 68. The summed E-state index contributed by atoms with van der Waals surface area (Å²) in [7, 11) is -4.39. The second-order valence-electron chi connectivity index (χ2n) is 24.1. The highest BCUT2D eigenvalue weighted by Crippen LogP contribution is 2.43. The Kier molecular flexibility index (Phi) is 65.4. The minimum Gasteiger partial charge on any atom is -0.462 e. The van der Waals surface area contributed by atoms with Gasteiger partial charge in [0.05, 0.1) is 13.2 Å². The zero-order valence-electron chi connectivity index (χ0n) is 53.3. The number of carbonyl (C=O) groups is 2. The van der Waals surface area contributed by atoms with Crippen LogP contribution < -0.4 is 5.73 Å². The summed E-state index contributed by atoms with van der Waals surface area (Å²) >= 11 is 0. The van der Waals surface area contributed by atoms with Crippen LogP contribution >= 0.6 is 7.82 Å². The first kappa shape index (κ1) is 78.5. The van der Waals surface area contributed by atoms with Crippen molar-refractivity contribution in [3.05, 3.63) is 24.3 Å². The topological polar surface area (TPSA) is 134 Å². The molecule has 474 valence electrons. The lowest BCUT2D eigenvalue weighted by atomic mass is 10.0.